The van der Waals surface area contributed by atoms with E-state index in [0.717, 1.165) is 12.8 Å². The van der Waals surface area contributed by atoms with Crippen LogP contribution in [0.1, 0.15) is 37.0 Å². The predicted molar refractivity (Wildman–Crippen MR) is 66.8 cm³/mol. The van der Waals surface area contributed by atoms with E-state index in [0.29, 0.717) is 12.2 Å². The fourth-order valence-electron chi connectivity index (χ4n) is 1.55. The molecular formula is C14H20O3. The van der Waals surface area contributed by atoms with Gasteiger partial charge in [0.25, 0.3) is 0 Å². The summed E-state index contributed by atoms with van der Waals surface area (Å²) in [7, 11) is 0. The predicted octanol–water partition coefficient (Wildman–Crippen LogP) is 2.64. The number of hydrogen-bond donors (Lipinski definition) is 1. The van der Waals surface area contributed by atoms with Gasteiger partial charge in [0.15, 0.2) is 0 Å². The van der Waals surface area contributed by atoms with Gasteiger partial charge in [-0.1, -0.05) is 32.0 Å². The molecule has 0 spiro atoms. The fraction of sp³-hybridized carbons (Fsp3) is 0.500. The van der Waals surface area contributed by atoms with E-state index in [4.69, 9.17) is 9.84 Å². The van der Waals surface area contributed by atoms with Crippen molar-refractivity contribution in [1.29, 1.82) is 0 Å². The van der Waals surface area contributed by atoms with E-state index < -0.39 is 0 Å². The highest BCUT2D eigenvalue weighted by molar-refractivity contribution is 5.89. The second-order valence-corrected chi connectivity index (χ2v) is 4.93. The Morgan fingerprint density at radius 3 is 2.53 bits per heavy atom. The first-order chi connectivity index (χ1) is 8.05. The highest BCUT2D eigenvalue weighted by atomic mass is 16.5. The van der Waals surface area contributed by atoms with Gasteiger partial charge in [-0.05, 0) is 30.4 Å². The molecule has 1 rings (SSSR count). The molecule has 3 heteroatoms. The largest absolute Gasteiger partial charge is 0.462 e. The number of carbonyl (C=O) groups excluding carboxylic acids is 1. The van der Waals surface area contributed by atoms with Gasteiger partial charge in [0.2, 0.25) is 0 Å². The van der Waals surface area contributed by atoms with Crippen LogP contribution in [0, 0.1) is 5.41 Å². The Morgan fingerprint density at radius 2 is 1.94 bits per heavy atom. The zero-order valence-electron chi connectivity index (χ0n) is 10.5. The first-order valence-corrected chi connectivity index (χ1v) is 5.88. The number of ether oxygens (including phenoxy) is 1. The lowest BCUT2D eigenvalue weighted by molar-refractivity contribution is 0.0317. The maximum absolute atomic E-state index is 11.7. The summed E-state index contributed by atoms with van der Waals surface area (Å²) in [6.07, 6.45) is 1.57. The minimum Gasteiger partial charge on any atom is -0.462 e. The van der Waals surface area contributed by atoms with Crippen LogP contribution >= 0.6 is 0 Å². The Kier molecular flexibility index (Phi) is 5.16. The summed E-state index contributed by atoms with van der Waals surface area (Å²) in [4.78, 5) is 11.7. The van der Waals surface area contributed by atoms with Crippen molar-refractivity contribution in [2.24, 2.45) is 5.41 Å². The molecule has 0 fully saturated rings. The Hall–Kier alpha value is -1.35. The van der Waals surface area contributed by atoms with Crippen molar-refractivity contribution >= 4 is 5.97 Å². The molecule has 0 atom stereocenters. The molecule has 0 aromatic heterocycles. The molecular weight excluding hydrogens is 216 g/mol. The van der Waals surface area contributed by atoms with Crippen molar-refractivity contribution in [1.82, 2.24) is 0 Å². The van der Waals surface area contributed by atoms with Gasteiger partial charge in [-0.2, -0.15) is 0 Å². The summed E-state index contributed by atoms with van der Waals surface area (Å²) >= 11 is 0. The van der Waals surface area contributed by atoms with Gasteiger partial charge in [-0.15, -0.1) is 0 Å². The number of rotatable bonds is 6. The SMILES string of the molecule is CC(C)(CCCO)COC(=O)c1ccccc1. The van der Waals surface area contributed by atoms with Crippen LogP contribution in [0.4, 0.5) is 0 Å². The summed E-state index contributed by atoms with van der Waals surface area (Å²) in [5.41, 5.74) is 0.484. The van der Waals surface area contributed by atoms with Crippen LogP contribution < -0.4 is 0 Å². The highest BCUT2D eigenvalue weighted by Gasteiger charge is 2.20. The summed E-state index contributed by atoms with van der Waals surface area (Å²) in [5, 5.41) is 8.78. The Bertz CT molecular complexity index is 344. The van der Waals surface area contributed by atoms with Crippen molar-refractivity contribution in [2.75, 3.05) is 13.2 Å². The van der Waals surface area contributed by atoms with Crippen LogP contribution in [0.15, 0.2) is 30.3 Å². The molecule has 0 saturated heterocycles. The Labute approximate surface area is 102 Å². The molecule has 0 heterocycles. The average molecular weight is 236 g/mol. The highest BCUT2D eigenvalue weighted by Crippen LogP contribution is 2.22. The third-order valence-corrected chi connectivity index (χ3v) is 2.62. The Morgan fingerprint density at radius 1 is 1.29 bits per heavy atom. The average Bonchev–Trinajstić information content (AvgIpc) is 2.35. The number of benzene rings is 1. The van der Waals surface area contributed by atoms with E-state index in [1.807, 2.05) is 32.0 Å². The topological polar surface area (TPSA) is 46.5 Å². The summed E-state index contributed by atoms with van der Waals surface area (Å²) in [6.45, 7) is 4.61. The number of esters is 1. The van der Waals surface area contributed by atoms with Crippen LogP contribution in [-0.2, 0) is 4.74 Å². The molecule has 0 amide bonds. The molecule has 0 aliphatic heterocycles. The zero-order chi connectivity index (χ0) is 12.7. The van der Waals surface area contributed by atoms with Crippen LogP contribution in [0.3, 0.4) is 0 Å². The van der Waals surface area contributed by atoms with Gasteiger partial charge in [0, 0.05) is 6.61 Å². The molecule has 1 N–H and O–H groups in total. The minimum atomic E-state index is -0.289. The summed E-state index contributed by atoms with van der Waals surface area (Å²) < 4.78 is 5.27. The van der Waals surface area contributed by atoms with E-state index in [1.165, 1.54) is 0 Å². The first kappa shape index (κ1) is 13.7. The second-order valence-electron chi connectivity index (χ2n) is 4.93. The molecule has 0 bridgehead atoms. The molecule has 0 unspecified atom stereocenters. The third kappa shape index (κ3) is 5.00. The van der Waals surface area contributed by atoms with E-state index in [2.05, 4.69) is 0 Å². The lowest BCUT2D eigenvalue weighted by atomic mass is 9.89. The van der Waals surface area contributed by atoms with E-state index >= 15 is 0 Å². The van der Waals surface area contributed by atoms with Crippen LogP contribution in [0.2, 0.25) is 0 Å². The zero-order valence-corrected chi connectivity index (χ0v) is 10.5. The van der Waals surface area contributed by atoms with Crippen molar-refractivity contribution in [2.45, 2.75) is 26.7 Å². The summed E-state index contributed by atoms with van der Waals surface area (Å²) in [6, 6.07) is 8.97. The van der Waals surface area contributed by atoms with E-state index in [9.17, 15) is 4.79 Å². The molecule has 3 nitrogen and oxygen atoms in total. The molecule has 94 valence electrons. The normalized spacial score (nSPS) is 11.2. The monoisotopic (exact) mass is 236 g/mol. The molecule has 0 aliphatic rings. The van der Waals surface area contributed by atoms with Crippen molar-refractivity contribution in [3.8, 4) is 0 Å². The molecule has 0 aliphatic carbocycles. The van der Waals surface area contributed by atoms with Gasteiger partial charge in [-0.3, -0.25) is 0 Å². The van der Waals surface area contributed by atoms with Crippen molar-refractivity contribution in [3.05, 3.63) is 35.9 Å². The maximum Gasteiger partial charge on any atom is 0.338 e. The first-order valence-electron chi connectivity index (χ1n) is 5.88. The lowest BCUT2D eigenvalue weighted by Gasteiger charge is -2.23. The summed E-state index contributed by atoms with van der Waals surface area (Å²) in [5.74, 6) is -0.289. The molecule has 1 aromatic rings. The van der Waals surface area contributed by atoms with Gasteiger partial charge >= 0.3 is 5.97 Å². The van der Waals surface area contributed by atoms with Crippen LogP contribution in [-0.4, -0.2) is 24.3 Å². The number of aliphatic hydroxyl groups excluding tert-OH is 1. The van der Waals surface area contributed by atoms with Gasteiger partial charge in [0.1, 0.15) is 0 Å². The molecule has 17 heavy (non-hydrogen) atoms. The number of aliphatic hydroxyl groups is 1. The second kappa shape index (κ2) is 6.40. The van der Waals surface area contributed by atoms with Crippen molar-refractivity contribution < 1.29 is 14.6 Å². The Balaban J connectivity index is 2.43. The van der Waals surface area contributed by atoms with Crippen molar-refractivity contribution in [3.63, 3.8) is 0 Å². The third-order valence-electron chi connectivity index (χ3n) is 2.62. The van der Waals surface area contributed by atoms with E-state index in [1.54, 1.807) is 12.1 Å². The van der Waals surface area contributed by atoms with Crippen LogP contribution in [0.25, 0.3) is 0 Å². The fourth-order valence-corrected chi connectivity index (χ4v) is 1.55. The van der Waals surface area contributed by atoms with Gasteiger partial charge in [-0.25, -0.2) is 4.79 Å². The smallest absolute Gasteiger partial charge is 0.338 e. The van der Waals surface area contributed by atoms with E-state index in [-0.39, 0.29) is 18.0 Å². The molecule has 0 radical (unpaired) electrons. The minimum absolute atomic E-state index is 0.0901. The lowest BCUT2D eigenvalue weighted by Crippen LogP contribution is -2.22. The molecule has 0 saturated carbocycles. The maximum atomic E-state index is 11.7. The quantitative estimate of drug-likeness (QED) is 0.772. The molecule has 1 aromatic carbocycles. The number of carbonyl (C=O) groups is 1. The standard InChI is InChI=1S/C14H20O3/c1-14(2,9-6-10-15)11-17-13(16)12-7-4-3-5-8-12/h3-5,7-8,15H,6,9-11H2,1-2H3. The van der Waals surface area contributed by atoms with Gasteiger partial charge < -0.3 is 9.84 Å². The number of hydrogen-bond acceptors (Lipinski definition) is 3. The van der Waals surface area contributed by atoms with Crippen LogP contribution in [0.5, 0.6) is 0 Å². The van der Waals surface area contributed by atoms with Gasteiger partial charge in [0.05, 0.1) is 12.2 Å².